The summed E-state index contributed by atoms with van der Waals surface area (Å²) >= 11 is 0. The lowest BCUT2D eigenvalue weighted by molar-refractivity contribution is -0.127. The molecule has 2 rings (SSSR count). The molecule has 0 heterocycles. The molecule has 0 aromatic heterocycles. The number of aliphatic hydroxyl groups is 1. The van der Waals surface area contributed by atoms with Crippen molar-refractivity contribution in [2.45, 2.75) is 50.5 Å². The van der Waals surface area contributed by atoms with Crippen LogP contribution in [-0.4, -0.2) is 48.7 Å². The first-order valence-corrected chi connectivity index (χ1v) is 7.63. The zero-order chi connectivity index (χ0) is 13.9. The zero-order valence-corrected chi connectivity index (χ0v) is 12.3. The Balaban J connectivity index is 1.76. The Bertz CT molecular complexity index is 305. The van der Waals surface area contributed by atoms with Gasteiger partial charge >= 0.3 is 0 Å². The second-order valence-electron chi connectivity index (χ2n) is 6.59. The SMILES string of the molecule is CN(C)C1(CO)CCC(C(=O)NCC2CCC2)CC1. The van der Waals surface area contributed by atoms with Gasteiger partial charge in [-0.15, -0.1) is 0 Å². The van der Waals surface area contributed by atoms with Crippen molar-refractivity contribution in [3.8, 4) is 0 Å². The van der Waals surface area contributed by atoms with Gasteiger partial charge in [0.1, 0.15) is 0 Å². The van der Waals surface area contributed by atoms with Crippen LogP contribution in [0.3, 0.4) is 0 Å². The van der Waals surface area contributed by atoms with Crippen LogP contribution in [0.4, 0.5) is 0 Å². The Kier molecular flexibility index (Phi) is 4.85. The molecule has 0 unspecified atom stereocenters. The third kappa shape index (κ3) is 3.29. The van der Waals surface area contributed by atoms with E-state index in [9.17, 15) is 9.90 Å². The van der Waals surface area contributed by atoms with Crippen molar-refractivity contribution in [3.05, 3.63) is 0 Å². The number of amides is 1. The van der Waals surface area contributed by atoms with Crippen molar-refractivity contribution < 1.29 is 9.90 Å². The second kappa shape index (κ2) is 6.23. The van der Waals surface area contributed by atoms with E-state index in [2.05, 4.69) is 10.2 Å². The molecule has 2 aliphatic carbocycles. The fourth-order valence-electron chi connectivity index (χ4n) is 3.25. The molecule has 110 valence electrons. The molecule has 19 heavy (non-hydrogen) atoms. The van der Waals surface area contributed by atoms with Gasteiger partial charge in [-0.2, -0.15) is 0 Å². The van der Waals surface area contributed by atoms with Crippen molar-refractivity contribution in [1.82, 2.24) is 10.2 Å². The van der Waals surface area contributed by atoms with E-state index in [1.165, 1.54) is 19.3 Å². The van der Waals surface area contributed by atoms with Gasteiger partial charge in [-0.3, -0.25) is 4.79 Å². The van der Waals surface area contributed by atoms with Crippen molar-refractivity contribution in [2.24, 2.45) is 11.8 Å². The van der Waals surface area contributed by atoms with Gasteiger partial charge in [0.25, 0.3) is 0 Å². The molecule has 0 atom stereocenters. The molecule has 0 bridgehead atoms. The van der Waals surface area contributed by atoms with E-state index in [4.69, 9.17) is 0 Å². The minimum absolute atomic E-state index is 0.106. The van der Waals surface area contributed by atoms with Gasteiger partial charge in [0.15, 0.2) is 0 Å². The number of aliphatic hydroxyl groups excluding tert-OH is 1. The normalized spacial score (nSPS) is 32.1. The summed E-state index contributed by atoms with van der Waals surface area (Å²) in [6.45, 7) is 1.06. The van der Waals surface area contributed by atoms with E-state index in [0.717, 1.165) is 38.1 Å². The standard InChI is InChI=1S/C15H28N2O2/c1-17(2)15(11-18)8-6-13(7-9-15)14(19)16-10-12-4-3-5-12/h12-13,18H,3-11H2,1-2H3,(H,16,19). The minimum Gasteiger partial charge on any atom is -0.394 e. The third-order valence-electron chi connectivity index (χ3n) is 5.32. The lowest BCUT2D eigenvalue weighted by Crippen LogP contribution is -2.51. The van der Waals surface area contributed by atoms with Gasteiger partial charge in [0.05, 0.1) is 6.61 Å². The number of hydrogen-bond donors (Lipinski definition) is 2. The first-order chi connectivity index (χ1) is 9.07. The Morgan fingerprint density at radius 1 is 1.26 bits per heavy atom. The van der Waals surface area contributed by atoms with Gasteiger partial charge in [0, 0.05) is 18.0 Å². The molecule has 0 aromatic carbocycles. The number of nitrogens with one attached hydrogen (secondary N) is 1. The summed E-state index contributed by atoms with van der Waals surface area (Å²) < 4.78 is 0. The fourth-order valence-corrected chi connectivity index (χ4v) is 3.25. The molecule has 0 radical (unpaired) electrons. The van der Waals surface area contributed by atoms with Crippen LogP contribution in [0.5, 0.6) is 0 Å². The molecule has 2 fully saturated rings. The van der Waals surface area contributed by atoms with E-state index in [0.29, 0.717) is 0 Å². The van der Waals surface area contributed by atoms with Gasteiger partial charge in [-0.25, -0.2) is 0 Å². The summed E-state index contributed by atoms with van der Waals surface area (Å²) in [5.41, 5.74) is -0.106. The summed E-state index contributed by atoms with van der Waals surface area (Å²) in [4.78, 5) is 14.2. The molecule has 4 heteroatoms. The van der Waals surface area contributed by atoms with Crippen LogP contribution in [0, 0.1) is 11.8 Å². The van der Waals surface area contributed by atoms with Gasteiger partial charge in [-0.1, -0.05) is 6.42 Å². The van der Waals surface area contributed by atoms with E-state index in [1.54, 1.807) is 0 Å². The summed E-state index contributed by atoms with van der Waals surface area (Å²) in [5, 5.41) is 12.7. The Labute approximate surface area is 116 Å². The quantitative estimate of drug-likeness (QED) is 0.792. The average Bonchev–Trinajstić information content (AvgIpc) is 2.36. The van der Waals surface area contributed by atoms with E-state index in [-0.39, 0.29) is 24.0 Å². The van der Waals surface area contributed by atoms with Crippen LogP contribution >= 0.6 is 0 Å². The largest absolute Gasteiger partial charge is 0.394 e. The van der Waals surface area contributed by atoms with Gasteiger partial charge < -0.3 is 15.3 Å². The van der Waals surface area contributed by atoms with Crippen LogP contribution in [-0.2, 0) is 4.79 Å². The predicted molar refractivity (Wildman–Crippen MR) is 75.8 cm³/mol. The van der Waals surface area contributed by atoms with Crippen molar-refractivity contribution in [2.75, 3.05) is 27.2 Å². The van der Waals surface area contributed by atoms with Crippen molar-refractivity contribution in [3.63, 3.8) is 0 Å². The molecule has 0 spiro atoms. The second-order valence-corrected chi connectivity index (χ2v) is 6.59. The van der Waals surface area contributed by atoms with E-state index < -0.39 is 0 Å². The minimum atomic E-state index is -0.106. The van der Waals surface area contributed by atoms with E-state index >= 15 is 0 Å². The Hall–Kier alpha value is -0.610. The molecule has 2 aliphatic rings. The molecule has 0 saturated heterocycles. The summed E-state index contributed by atoms with van der Waals surface area (Å²) in [6, 6.07) is 0. The lowest BCUT2D eigenvalue weighted by atomic mass is 9.75. The molecule has 2 N–H and O–H groups in total. The molecule has 2 saturated carbocycles. The first kappa shape index (κ1) is 14.8. The smallest absolute Gasteiger partial charge is 0.223 e. The monoisotopic (exact) mass is 268 g/mol. The highest BCUT2D eigenvalue weighted by molar-refractivity contribution is 5.78. The zero-order valence-electron chi connectivity index (χ0n) is 12.3. The van der Waals surface area contributed by atoms with Crippen LogP contribution in [0.1, 0.15) is 44.9 Å². The highest BCUT2D eigenvalue weighted by Crippen LogP contribution is 2.35. The molecular formula is C15H28N2O2. The average molecular weight is 268 g/mol. The highest BCUT2D eigenvalue weighted by Gasteiger charge is 2.38. The third-order valence-corrected chi connectivity index (χ3v) is 5.32. The number of rotatable bonds is 5. The fraction of sp³-hybridized carbons (Fsp3) is 0.933. The van der Waals surface area contributed by atoms with Crippen molar-refractivity contribution >= 4 is 5.91 Å². The maximum Gasteiger partial charge on any atom is 0.223 e. The number of carbonyl (C=O) groups is 1. The number of nitrogens with zero attached hydrogens (tertiary/aromatic N) is 1. The number of carbonyl (C=O) groups excluding carboxylic acids is 1. The maximum atomic E-state index is 12.1. The summed E-state index contributed by atoms with van der Waals surface area (Å²) in [7, 11) is 4.04. The predicted octanol–water partition coefficient (Wildman–Crippen LogP) is 1.39. The molecule has 0 aromatic rings. The topological polar surface area (TPSA) is 52.6 Å². The summed E-state index contributed by atoms with van der Waals surface area (Å²) in [6.07, 6.45) is 7.50. The first-order valence-electron chi connectivity index (χ1n) is 7.63. The van der Waals surface area contributed by atoms with Gasteiger partial charge in [-0.05, 0) is 58.5 Å². The highest BCUT2D eigenvalue weighted by atomic mass is 16.3. The van der Waals surface area contributed by atoms with Crippen LogP contribution in [0.25, 0.3) is 0 Å². The van der Waals surface area contributed by atoms with Crippen LogP contribution in [0.15, 0.2) is 0 Å². The number of likely N-dealkylation sites (N-methyl/N-ethyl adjacent to an activating group) is 1. The Morgan fingerprint density at radius 2 is 1.89 bits per heavy atom. The molecule has 1 amide bonds. The Morgan fingerprint density at radius 3 is 2.32 bits per heavy atom. The maximum absolute atomic E-state index is 12.1. The van der Waals surface area contributed by atoms with Crippen LogP contribution < -0.4 is 5.32 Å². The molecule has 4 nitrogen and oxygen atoms in total. The number of hydrogen-bond acceptors (Lipinski definition) is 3. The lowest BCUT2D eigenvalue weighted by Gasteiger charge is -2.43. The van der Waals surface area contributed by atoms with E-state index in [1.807, 2.05) is 14.1 Å². The summed E-state index contributed by atoms with van der Waals surface area (Å²) in [5.74, 6) is 1.11. The van der Waals surface area contributed by atoms with Gasteiger partial charge in [0.2, 0.25) is 5.91 Å². The molecule has 0 aliphatic heterocycles. The van der Waals surface area contributed by atoms with Crippen molar-refractivity contribution in [1.29, 1.82) is 0 Å². The van der Waals surface area contributed by atoms with Crippen LogP contribution in [0.2, 0.25) is 0 Å². The molecular weight excluding hydrogens is 240 g/mol.